The minimum atomic E-state index is -0.899. The molecule has 1 unspecified atom stereocenters. The van der Waals surface area contributed by atoms with Gasteiger partial charge in [-0.1, -0.05) is 19.3 Å². The molecule has 1 fully saturated rings. The lowest BCUT2D eigenvalue weighted by molar-refractivity contribution is -0.130. The van der Waals surface area contributed by atoms with Crippen LogP contribution >= 0.6 is 0 Å². The van der Waals surface area contributed by atoms with E-state index in [0.29, 0.717) is 11.3 Å². The van der Waals surface area contributed by atoms with Crippen LogP contribution < -0.4 is 5.32 Å². The Kier molecular flexibility index (Phi) is 5.71. The lowest BCUT2D eigenvalue weighted by Gasteiger charge is -2.24. The van der Waals surface area contributed by atoms with Gasteiger partial charge in [0.25, 0.3) is 5.91 Å². The van der Waals surface area contributed by atoms with Gasteiger partial charge in [0.1, 0.15) is 11.6 Å². The second-order valence-electron chi connectivity index (χ2n) is 6.56. The summed E-state index contributed by atoms with van der Waals surface area (Å²) >= 11 is 0. The first-order chi connectivity index (χ1) is 12.5. The van der Waals surface area contributed by atoms with Crippen molar-refractivity contribution in [3.8, 4) is 11.3 Å². The molecule has 1 N–H and O–H groups in total. The third kappa shape index (κ3) is 4.50. The van der Waals surface area contributed by atoms with E-state index in [1.165, 1.54) is 24.6 Å². The topological polar surface area (TPSA) is 68.5 Å². The zero-order valence-corrected chi connectivity index (χ0v) is 14.7. The zero-order valence-electron chi connectivity index (χ0n) is 14.7. The van der Waals surface area contributed by atoms with Crippen molar-refractivity contribution in [3.05, 3.63) is 48.0 Å². The molecule has 1 saturated carbocycles. The fraction of sp³-hybridized carbons (Fsp3) is 0.400. The molecular formula is C20H22FNO4. The highest BCUT2D eigenvalue weighted by atomic mass is 19.1. The molecule has 1 aliphatic carbocycles. The van der Waals surface area contributed by atoms with Crippen molar-refractivity contribution < 1.29 is 23.1 Å². The van der Waals surface area contributed by atoms with Crippen LogP contribution in [-0.4, -0.2) is 24.0 Å². The van der Waals surface area contributed by atoms with Crippen LogP contribution in [0.2, 0.25) is 0 Å². The SMILES string of the molecule is CC(OC(=O)c1ccc(-c2ccc(F)cc2)o1)C(=O)NC1CCCCC1. The van der Waals surface area contributed by atoms with Gasteiger partial charge < -0.3 is 14.5 Å². The third-order valence-electron chi connectivity index (χ3n) is 4.54. The Balaban J connectivity index is 1.57. The number of ether oxygens (including phenoxy) is 1. The lowest BCUT2D eigenvalue weighted by Crippen LogP contribution is -2.42. The van der Waals surface area contributed by atoms with Gasteiger partial charge in [-0.25, -0.2) is 9.18 Å². The van der Waals surface area contributed by atoms with E-state index in [1.807, 2.05) is 0 Å². The number of halogens is 1. The van der Waals surface area contributed by atoms with E-state index < -0.39 is 12.1 Å². The molecule has 2 aromatic rings. The number of esters is 1. The fourth-order valence-corrected chi connectivity index (χ4v) is 3.05. The predicted octanol–water partition coefficient (Wildman–Crippen LogP) is 4.08. The van der Waals surface area contributed by atoms with Gasteiger partial charge in [0.05, 0.1) is 0 Å². The van der Waals surface area contributed by atoms with Gasteiger partial charge in [-0.3, -0.25) is 4.79 Å². The standard InChI is InChI=1S/C20H22FNO4/c1-13(19(23)22-16-5-3-2-4-6-16)25-20(24)18-12-11-17(26-18)14-7-9-15(21)10-8-14/h7-13,16H,2-6H2,1H3,(H,22,23). The molecule has 1 aliphatic rings. The largest absolute Gasteiger partial charge is 0.449 e. The van der Waals surface area contributed by atoms with Crippen molar-refractivity contribution in [3.63, 3.8) is 0 Å². The molecule has 26 heavy (non-hydrogen) atoms. The number of nitrogens with one attached hydrogen (secondary N) is 1. The Hall–Kier alpha value is -2.63. The highest BCUT2D eigenvalue weighted by molar-refractivity contribution is 5.90. The van der Waals surface area contributed by atoms with Gasteiger partial charge in [0.15, 0.2) is 6.10 Å². The summed E-state index contributed by atoms with van der Waals surface area (Å²) in [5.41, 5.74) is 0.647. The molecule has 1 heterocycles. The molecule has 138 valence electrons. The summed E-state index contributed by atoms with van der Waals surface area (Å²) in [5, 5.41) is 2.93. The van der Waals surface area contributed by atoms with Gasteiger partial charge in [-0.2, -0.15) is 0 Å². The maximum Gasteiger partial charge on any atom is 0.375 e. The molecule has 5 nitrogen and oxygen atoms in total. The van der Waals surface area contributed by atoms with Crippen LogP contribution in [0, 0.1) is 5.82 Å². The number of furan rings is 1. The van der Waals surface area contributed by atoms with Crippen molar-refractivity contribution >= 4 is 11.9 Å². The smallest absolute Gasteiger partial charge is 0.375 e. The molecular weight excluding hydrogens is 337 g/mol. The number of amides is 1. The maximum atomic E-state index is 13.0. The van der Waals surface area contributed by atoms with Crippen LogP contribution in [0.5, 0.6) is 0 Å². The first-order valence-corrected chi connectivity index (χ1v) is 8.90. The second kappa shape index (κ2) is 8.17. The molecule has 1 aromatic heterocycles. The molecule has 3 rings (SSSR count). The van der Waals surface area contributed by atoms with Crippen LogP contribution in [0.4, 0.5) is 4.39 Å². The van der Waals surface area contributed by atoms with Crippen molar-refractivity contribution in [1.82, 2.24) is 5.32 Å². The van der Waals surface area contributed by atoms with Crippen LogP contribution in [0.1, 0.15) is 49.6 Å². The summed E-state index contributed by atoms with van der Waals surface area (Å²) in [6, 6.07) is 8.99. The Bertz CT molecular complexity index is 762. The molecule has 0 radical (unpaired) electrons. The molecule has 1 amide bonds. The summed E-state index contributed by atoms with van der Waals surface area (Å²) in [5.74, 6) is -0.920. The highest BCUT2D eigenvalue weighted by Gasteiger charge is 2.24. The molecule has 0 aliphatic heterocycles. The number of hydrogen-bond donors (Lipinski definition) is 1. The lowest BCUT2D eigenvalue weighted by atomic mass is 9.95. The summed E-state index contributed by atoms with van der Waals surface area (Å²) < 4.78 is 23.7. The number of benzene rings is 1. The summed E-state index contributed by atoms with van der Waals surface area (Å²) in [6.07, 6.45) is 4.45. The number of rotatable bonds is 5. The van der Waals surface area contributed by atoms with E-state index in [2.05, 4.69) is 5.32 Å². The van der Waals surface area contributed by atoms with Gasteiger partial charge >= 0.3 is 5.97 Å². The average molecular weight is 359 g/mol. The molecule has 1 atom stereocenters. The van der Waals surface area contributed by atoms with Gasteiger partial charge in [0, 0.05) is 11.6 Å². The van der Waals surface area contributed by atoms with E-state index in [-0.39, 0.29) is 23.5 Å². The van der Waals surface area contributed by atoms with E-state index in [9.17, 15) is 14.0 Å². The van der Waals surface area contributed by atoms with E-state index in [1.54, 1.807) is 25.1 Å². The minimum Gasteiger partial charge on any atom is -0.449 e. The van der Waals surface area contributed by atoms with Crippen LogP contribution in [-0.2, 0) is 9.53 Å². The summed E-state index contributed by atoms with van der Waals surface area (Å²) in [7, 11) is 0. The zero-order chi connectivity index (χ0) is 18.5. The molecule has 0 spiro atoms. The molecule has 6 heteroatoms. The molecule has 1 aromatic carbocycles. The summed E-state index contributed by atoms with van der Waals surface area (Å²) in [4.78, 5) is 24.4. The van der Waals surface area contributed by atoms with E-state index in [0.717, 1.165) is 25.7 Å². The Morgan fingerprint density at radius 3 is 2.50 bits per heavy atom. The predicted molar refractivity (Wildman–Crippen MR) is 94.0 cm³/mol. The third-order valence-corrected chi connectivity index (χ3v) is 4.54. The summed E-state index contributed by atoms with van der Waals surface area (Å²) in [6.45, 7) is 1.54. The van der Waals surface area contributed by atoms with Crippen molar-refractivity contribution in [2.24, 2.45) is 0 Å². The van der Waals surface area contributed by atoms with Crippen LogP contribution in [0.3, 0.4) is 0 Å². The Morgan fingerprint density at radius 1 is 1.12 bits per heavy atom. The number of hydrogen-bond acceptors (Lipinski definition) is 4. The number of carbonyl (C=O) groups excluding carboxylic acids is 2. The normalized spacial score (nSPS) is 16.1. The first-order valence-electron chi connectivity index (χ1n) is 8.90. The quantitative estimate of drug-likeness (QED) is 0.817. The molecule has 0 saturated heterocycles. The first kappa shape index (κ1) is 18.2. The van der Waals surface area contributed by atoms with Crippen molar-refractivity contribution in [1.29, 1.82) is 0 Å². The fourth-order valence-electron chi connectivity index (χ4n) is 3.05. The van der Waals surface area contributed by atoms with E-state index in [4.69, 9.17) is 9.15 Å². The maximum absolute atomic E-state index is 13.0. The van der Waals surface area contributed by atoms with Gasteiger partial charge in [0.2, 0.25) is 5.76 Å². The number of carbonyl (C=O) groups is 2. The average Bonchev–Trinajstić information content (AvgIpc) is 3.13. The van der Waals surface area contributed by atoms with Crippen LogP contribution in [0.25, 0.3) is 11.3 Å². The minimum absolute atomic E-state index is 0.00152. The van der Waals surface area contributed by atoms with E-state index >= 15 is 0 Å². The monoisotopic (exact) mass is 359 g/mol. The second-order valence-corrected chi connectivity index (χ2v) is 6.56. The van der Waals surface area contributed by atoms with Crippen LogP contribution in [0.15, 0.2) is 40.8 Å². The van der Waals surface area contributed by atoms with Gasteiger partial charge in [-0.05, 0) is 56.2 Å². The molecule has 0 bridgehead atoms. The van der Waals surface area contributed by atoms with Gasteiger partial charge in [-0.15, -0.1) is 0 Å². The highest BCUT2D eigenvalue weighted by Crippen LogP contribution is 2.23. The van der Waals surface area contributed by atoms with Crippen molar-refractivity contribution in [2.75, 3.05) is 0 Å². The Labute approximate surface area is 151 Å². The van der Waals surface area contributed by atoms with Crippen molar-refractivity contribution in [2.45, 2.75) is 51.2 Å². The Morgan fingerprint density at radius 2 is 1.81 bits per heavy atom.